The summed E-state index contributed by atoms with van der Waals surface area (Å²) >= 11 is 0. The van der Waals surface area contributed by atoms with Crippen LogP contribution in [0.25, 0.3) is 22.0 Å². The summed E-state index contributed by atoms with van der Waals surface area (Å²) in [5.74, 6) is 0.535. The van der Waals surface area contributed by atoms with Gasteiger partial charge in [-0.15, -0.1) is 0 Å². The molecule has 11 heteroatoms. The number of ether oxygens (including phenoxy) is 2. The molecule has 4 aromatic carbocycles. The molecule has 2 heterocycles. The predicted molar refractivity (Wildman–Crippen MR) is 214 cm³/mol. The molecule has 1 unspecified atom stereocenters. The lowest BCUT2D eigenvalue weighted by Crippen LogP contribution is -2.43. The van der Waals surface area contributed by atoms with Crippen molar-refractivity contribution in [2.24, 2.45) is 5.92 Å². The zero-order valence-electron chi connectivity index (χ0n) is 30.9. The number of hydrogen-bond acceptors (Lipinski definition) is 8. The van der Waals surface area contributed by atoms with Gasteiger partial charge in [-0.25, -0.2) is 4.79 Å². The lowest BCUT2D eigenvalue weighted by Gasteiger charge is -2.31. The molecule has 1 saturated carbocycles. The highest BCUT2D eigenvalue weighted by molar-refractivity contribution is 5.91. The van der Waals surface area contributed by atoms with E-state index in [4.69, 9.17) is 9.47 Å². The second-order valence-electron chi connectivity index (χ2n) is 14.4. The van der Waals surface area contributed by atoms with E-state index < -0.39 is 12.2 Å². The minimum absolute atomic E-state index is 0.0663. The summed E-state index contributed by atoms with van der Waals surface area (Å²) in [6.07, 6.45) is 2.41. The van der Waals surface area contributed by atoms with Gasteiger partial charge in [0, 0.05) is 61.7 Å². The number of aromatic nitrogens is 1. The van der Waals surface area contributed by atoms with Crippen molar-refractivity contribution in [1.29, 1.82) is 0 Å². The topological polar surface area (TPSA) is 145 Å². The van der Waals surface area contributed by atoms with Crippen molar-refractivity contribution in [1.82, 2.24) is 20.5 Å². The molecule has 0 bridgehead atoms. The molecule has 5 aromatic rings. The molecule has 11 nitrogen and oxygen atoms in total. The second-order valence-corrected chi connectivity index (χ2v) is 14.4. The van der Waals surface area contributed by atoms with E-state index in [2.05, 4.69) is 25.8 Å². The number of carbonyl (C=O) groups excluding carboxylic acids is 2. The van der Waals surface area contributed by atoms with Crippen molar-refractivity contribution < 1.29 is 24.2 Å². The van der Waals surface area contributed by atoms with Crippen LogP contribution in [0.3, 0.4) is 0 Å². The molecular formula is C44H49N5O6. The third-order valence-corrected chi connectivity index (χ3v) is 10.7. The van der Waals surface area contributed by atoms with Crippen LogP contribution in [0.1, 0.15) is 49.3 Å². The first-order valence-corrected chi connectivity index (χ1v) is 19.3. The van der Waals surface area contributed by atoms with Crippen molar-refractivity contribution in [2.75, 3.05) is 38.0 Å². The Labute approximate surface area is 321 Å². The number of piperidine rings is 1. The Morgan fingerprint density at radius 2 is 1.60 bits per heavy atom. The van der Waals surface area contributed by atoms with Gasteiger partial charge in [-0.2, -0.15) is 0 Å². The molecule has 2 fully saturated rings. The number of amides is 2. The van der Waals surface area contributed by atoms with Gasteiger partial charge in [0.15, 0.2) is 0 Å². The first kappa shape index (κ1) is 37.8. The minimum atomic E-state index is -0.815. The van der Waals surface area contributed by atoms with Gasteiger partial charge < -0.3 is 35.1 Å². The highest BCUT2D eigenvalue weighted by atomic mass is 16.6. The number of benzene rings is 4. The molecule has 5 N–H and O–H groups in total. The molecule has 7 rings (SSSR count). The number of nitrogens with one attached hydrogen (secondary N) is 4. The van der Waals surface area contributed by atoms with Gasteiger partial charge in [0.05, 0.1) is 17.3 Å². The number of aliphatic hydroxyl groups is 1. The monoisotopic (exact) mass is 743 g/mol. The molecule has 0 spiro atoms. The van der Waals surface area contributed by atoms with E-state index in [0.29, 0.717) is 48.6 Å². The number of likely N-dealkylation sites (tertiary alicyclic amines) is 1. The van der Waals surface area contributed by atoms with E-state index >= 15 is 0 Å². The Kier molecular flexibility index (Phi) is 12.5. The Morgan fingerprint density at radius 3 is 2.40 bits per heavy atom. The second kappa shape index (κ2) is 18.2. The van der Waals surface area contributed by atoms with Gasteiger partial charge in [-0.3, -0.25) is 14.9 Å². The quantitative estimate of drug-likeness (QED) is 0.0880. The standard InChI is InChI=1S/C44H49N5O6/c50-39(36-17-19-40(42-37(36)18-20-41(51)48-42)54-29-30-9-3-1-4-10-30)28-46-33-16-15-32(27-33)43(52)45-23-26-49-24-21-34(22-25-49)55-44(53)47-38-14-8-7-13-35(38)31-11-5-2-6-12-31/h1-14,17-20,32-34,39,46,50H,15-16,21-29H2,(H,45,52)(H,47,53)(H,48,51)/t32-,33+,39?/m1/s1. The average molecular weight is 744 g/mol. The maximum Gasteiger partial charge on any atom is 0.411 e. The average Bonchev–Trinajstić information content (AvgIpc) is 3.70. The molecule has 286 valence electrons. The van der Waals surface area contributed by atoms with Gasteiger partial charge in [0.1, 0.15) is 18.5 Å². The van der Waals surface area contributed by atoms with Crippen LogP contribution in [-0.2, 0) is 16.1 Å². The number of aliphatic hydroxyl groups excluding tert-OH is 1. The van der Waals surface area contributed by atoms with Crippen LogP contribution >= 0.6 is 0 Å². The summed E-state index contributed by atoms with van der Waals surface area (Å²) < 4.78 is 11.8. The molecule has 55 heavy (non-hydrogen) atoms. The summed E-state index contributed by atoms with van der Waals surface area (Å²) in [5, 5.41) is 21.5. The summed E-state index contributed by atoms with van der Waals surface area (Å²) in [6.45, 7) is 3.57. The number of carbonyl (C=O) groups is 2. The maximum atomic E-state index is 13.1. The number of aromatic amines is 1. The predicted octanol–water partition coefficient (Wildman–Crippen LogP) is 6.40. The van der Waals surface area contributed by atoms with Crippen LogP contribution < -0.4 is 26.2 Å². The van der Waals surface area contributed by atoms with E-state index in [-0.39, 0.29) is 29.5 Å². The van der Waals surface area contributed by atoms with Crippen LogP contribution in [0.4, 0.5) is 10.5 Å². The summed E-state index contributed by atoms with van der Waals surface area (Å²) in [4.78, 5) is 43.2. The van der Waals surface area contributed by atoms with Crippen molar-refractivity contribution in [3.05, 3.63) is 131 Å². The SMILES string of the molecule is O=C(Nc1ccccc1-c1ccccc1)OC1CCN(CCNC(=O)[C@@H]2CC[C@H](NCC(O)c3ccc(OCc4ccccc4)c4[nH]c(=O)ccc34)C2)CC1. The third kappa shape index (κ3) is 9.99. The Morgan fingerprint density at radius 1 is 0.855 bits per heavy atom. The molecule has 1 aliphatic carbocycles. The molecule has 1 aromatic heterocycles. The Hall–Kier alpha value is -5.49. The molecule has 2 amide bonds. The van der Waals surface area contributed by atoms with Gasteiger partial charge in [0.25, 0.3) is 0 Å². The highest BCUT2D eigenvalue weighted by Gasteiger charge is 2.30. The van der Waals surface area contributed by atoms with Gasteiger partial charge >= 0.3 is 6.09 Å². The number of H-pyrrole nitrogens is 1. The first-order chi connectivity index (χ1) is 26.9. The number of rotatable bonds is 14. The zero-order valence-corrected chi connectivity index (χ0v) is 30.9. The number of para-hydroxylation sites is 1. The smallest absolute Gasteiger partial charge is 0.411 e. The normalized spacial score (nSPS) is 18.1. The van der Waals surface area contributed by atoms with Crippen LogP contribution in [-0.4, -0.2) is 71.9 Å². The molecule has 1 aliphatic heterocycles. The lowest BCUT2D eigenvalue weighted by atomic mass is 10.0. The largest absolute Gasteiger partial charge is 0.487 e. The first-order valence-electron chi connectivity index (χ1n) is 19.3. The molecule has 2 aliphatic rings. The van der Waals surface area contributed by atoms with E-state index in [9.17, 15) is 19.5 Å². The van der Waals surface area contributed by atoms with Gasteiger partial charge in [-0.1, -0.05) is 84.9 Å². The number of anilines is 1. The van der Waals surface area contributed by atoms with E-state index in [1.54, 1.807) is 12.1 Å². The summed E-state index contributed by atoms with van der Waals surface area (Å²) in [7, 11) is 0. The number of pyridine rings is 1. The lowest BCUT2D eigenvalue weighted by molar-refractivity contribution is -0.124. The highest BCUT2D eigenvalue weighted by Crippen LogP contribution is 2.32. The fourth-order valence-electron chi connectivity index (χ4n) is 7.67. The maximum absolute atomic E-state index is 13.1. The fraction of sp³-hybridized carbons (Fsp3) is 0.341. The Balaban J connectivity index is 0.809. The van der Waals surface area contributed by atoms with Crippen molar-refractivity contribution in [3.8, 4) is 16.9 Å². The van der Waals surface area contributed by atoms with E-state index in [1.165, 1.54) is 6.07 Å². The molecular weight excluding hydrogens is 695 g/mol. The van der Waals surface area contributed by atoms with Crippen molar-refractivity contribution in [2.45, 2.75) is 57.0 Å². The fourth-order valence-corrected chi connectivity index (χ4v) is 7.67. The molecule has 0 radical (unpaired) electrons. The van der Waals surface area contributed by atoms with Crippen LogP contribution in [0.2, 0.25) is 0 Å². The van der Waals surface area contributed by atoms with Crippen LogP contribution in [0.5, 0.6) is 5.75 Å². The van der Waals surface area contributed by atoms with Gasteiger partial charge in [-0.05, 0) is 67.0 Å². The zero-order chi connectivity index (χ0) is 38.0. The van der Waals surface area contributed by atoms with Crippen molar-refractivity contribution in [3.63, 3.8) is 0 Å². The van der Waals surface area contributed by atoms with Crippen molar-refractivity contribution >= 4 is 28.6 Å². The number of nitrogens with zero attached hydrogens (tertiary/aromatic N) is 1. The summed E-state index contributed by atoms with van der Waals surface area (Å²) in [5.41, 5.74) is 4.71. The number of fused-ring (bicyclic) bond motifs is 1. The molecule has 3 atom stereocenters. The van der Waals surface area contributed by atoms with Crippen LogP contribution in [0.15, 0.2) is 114 Å². The van der Waals surface area contributed by atoms with Gasteiger partial charge in [0.2, 0.25) is 11.5 Å². The summed E-state index contributed by atoms with van der Waals surface area (Å²) in [6, 6.07) is 34.4. The van der Waals surface area contributed by atoms with Crippen LogP contribution in [0, 0.1) is 5.92 Å². The number of hydrogen-bond donors (Lipinski definition) is 5. The minimum Gasteiger partial charge on any atom is -0.487 e. The van der Waals surface area contributed by atoms with E-state index in [0.717, 1.165) is 67.4 Å². The Bertz CT molecular complexity index is 2100. The van der Waals surface area contributed by atoms with E-state index in [1.807, 2.05) is 91.0 Å². The third-order valence-electron chi connectivity index (χ3n) is 10.7. The molecule has 1 saturated heterocycles.